The predicted molar refractivity (Wildman–Crippen MR) is 117 cm³/mol. The highest BCUT2D eigenvalue weighted by molar-refractivity contribution is 7.99. The summed E-state index contributed by atoms with van der Waals surface area (Å²) >= 11 is 1.42. The van der Waals surface area contributed by atoms with E-state index in [0.717, 1.165) is 22.6 Å². The number of anilines is 1. The van der Waals surface area contributed by atoms with Gasteiger partial charge in [0.25, 0.3) is 0 Å². The Labute approximate surface area is 178 Å². The van der Waals surface area contributed by atoms with Crippen molar-refractivity contribution in [2.24, 2.45) is 0 Å². The summed E-state index contributed by atoms with van der Waals surface area (Å²) in [6, 6.07) is 13.5. The van der Waals surface area contributed by atoms with E-state index < -0.39 is 0 Å². The number of ether oxygens (including phenoxy) is 1. The molecule has 1 aromatic carbocycles. The van der Waals surface area contributed by atoms with E-state index in [1.807, 2.05) is 49.4 Å². The Balaban J connectivity index is 1.60. The molecule has 7 nitrogen and oxygen atoms in total. The lowest BCUT2D eigenvalue weighted by atomic mass is 10.1. The first-order valence-corrected chi connectivity index (χ1v) is 10.5. The van der Waals surface area contributed by atoms with E-state index in [9.17, 15) is 4.79 Å². The number of nitrogens with zero attached hydrogens (tertiary/aromatic N) is 3. The number of para-hydroxylation sites is 1. The lowest BCUT2D eigenvalue weighted by Gasteiger charge is -2.10. The summed E-state index contributed by atoms with van der Waals surface area (Å²) in [7, 11) is 0. The zero-order chi connectivity index (χ0) is 20.8. The fraction of sp³-hybridized carbons (Fsp3) is 0.182. The number of aromatic amines is 1. The maximum atomic E-state index is 11.8. The second-order valence-electron chi connectivity index (χ2n) is 6.45. The van der Waals surface area contributed by atoms with Gasteiger partial charge in [0.05, 0.1) is 11.9 Å². The number of hydrogen-bond acceptors (Lipinski definition) is 7. The van der Waals surface area contributed by atoms with Gasteiger partial charge in [-0.15, -0.1) is 0 Å². The van der Waals surface area contributed by atoms with E-state index in [-0.39, 0.29) is 0 Å². The van der Waals surface area contributed by atoms with Crippen molar-refractivity contribution in [3.63, 3.8) is 0 Å². The molecule has 3 heterocycles. The van der Waals surface area contributed by atoms with Crippen LogP contribution in [0, 0.1) is 0 Å². The smallest absolute Gasteiger partial charge is 0.196 e. The molecule has 0 atom stereocenters. The number of fused-ring (bicyclic) bond motifs is 1. The number of H-pyrrole nitrogens is 1. The van der Waals surface area contributed by atoms with Crippen molar-refractivity contribution in [3.05, 3.63) is 66.1 Å². The van der Waals surface area contributed by atoms with E-state index in [2.05, 4.69) is 25.3 Å². The van der Waals surface area contributed by atoms with Crippen molar-refractivity contribution in [2.75, 3.05) is 18.5 Å². The zero-order valence-electron chi connectivity index (χ0n) is 16.5. The summed E-state index contributed by atoms with van der Waals surface area (Å²) < 4.78 is 5.75. The molecular formula is C22H21N5O2S. The molecule has 0 unspecified atom stereocenters. The number of aldehydes is 1. The minimum atomic E-state index is 0.460. The van der Waals surface area contributed by atoms with Gasteiger partial charge in [-0.3, -0.25) is 9.78 Å². The third-order valence-corrected chi connectivity index (χ3v) is 5.32. The van der Waals surface area contributed by atoms with E-state index in [4.69, 9.17) is 4.74 Å². The lowest BCUT2D eigenvalue weighted by molar-refractivity contribution is 0.112. The summed E-state index contributed by atoms with van der Waals surface area (Å²) in [5.41, 5.74) is 2.08. The molecule has 4 aromatic rings. The first kappa shape index (κ1) is 19.9. The van der Waals surface area contributed by atoms with Gasteiger partial charge in [0, 0.05) is 28.5 Å². The maximum absolute atomic E-state index is 11.8. The first-order valence-electron chi connectivity index (χ1n) is 9.66. The summed E-state index contributed by atoms with van der Waals surface area (Å²) in [6.07, 6.45) is 5.05. The average molecular weight is 420 g/mol. The van der Waals surface area contributed by atoms with Gasteiger partial charge in [-0.2, -0.15) is 0 Å². The molecule has 0 saturated heterocycles. The van der Waals surface area contributed by atoms with Crippen LogP contribution in [0.3, 0.4) is 0 Å². The molecule has 30 heavy (non-hydrogen) atoms. The molecule has 0 radical (unpaired) electrons. The molecule has 3 aromatic heterocycles. The summed E-state index contributed by atoms with van der Waals surface area (Å²) in [6.45, 7) is 2.99. The van der Waals surface area contributed by atoms with Gasteiger partial charge >= 0.3 is 0 Å². The standard InChI is InChI=1S/C22H21N5O2S/c1-2-18-17(14-28)19-20(24-11-12-29-15-7-4-3-5-8-15)26-22(27-21(19)25-18)30-16-9-6-10-23-13-16/h3-10,13-14H,2,11-12H2,1H3,(H2,24,25,26,27). The number of hydrogen-bond donors (Lipinski definition) is 2. The molecule has 0 amide bonds. The maximum Gasteiger partial charge on any atom is 0.196 e. The van der Waals surface area contributed by atoms with Crippen molar-refractivity contribution in [2.45, 2.75) is 23.4 Å². The molecule has 2 N–H and O–H groups in total. The Morgan fingerprint density at radius 1 is 1.17 bits per heavy atom. The fourth-order valence-electron chi connectivity index (χ4n) is 3.10. The highest BCUT2D eigenvalue weighted by atomic mass is 32.2. The summed E-state index contributed by atoms with van der Waals surface area (Å²) in [5.74, 6) is 1.42. The fourth-order valence-corrected chi connectivity index (χ4v) is 3.84. The minimum Gasteiger partial charge on any atom is -0.492 e. The molecule has 152 valence electrons. The Morgan fingerprint density at radius 3 is 2.77 bits per heavy atom. The van der Waals surface area contributed by atoms with Crippen LogP contribution < -0.4 is 10.1 Å². The topological polar surface area (TPSA) is 92.8 Å². The van der Waals surface area contributed by atoms with Crippen molar-refractivity contribution in [1.82, 2.24) is 19.9 Å². The largest absolute Gasteiger partial charge is 0.492 e. The van der Waals surface area contributed by atoms with Crippen LogP contribution in [-0.2, 0) is 6.42 Å². The number of pyridine rings is 1. The lowest BCUT2D eigenvalue weighted by Crippen LogP contribution is -2.13. The Hall–Kier alpha value is -3.39. The van der Waals surface area contributed by atoms with Crippen molar-refractivity contribution >= 4 is 34.9 Å². The van der Waals surface area contributed by atoms with Crippen molar-refractivity contribution in [3.8, 4) is 5.75 Å². The molecule has 8 heteroatoms. The number of aromatic nitrogens is 4. The minimum absolute atomic E-state index is 0.460. The Morgan fingerprint density at radius 2 is 2.03 bits per heavy atom. The predicted octanol–water partition coefficient (Wildman–Crippen LogP) is 4.37. The van der Waals surface area contributed by atoms with E-state index >= 15 is 0 Å². The molecule has 0 aliphatic carbocycles. The monoisotopic (exact) mass is 419 g/mol. The third-order valence-electron chi connectivity index (χ3n) is 4.47. The molecule has 0 aliphatic heterocycles. The molecule has 0 aliphatic rings. The summed E-state index contributed by atoms with van der Waals surface area (Å²) in [5, 5.41) is 4.59. The van der Waals surface area contributed by atoms with Crippen LogP contribution in [0.2, 0.25) is 0 Å². The van der Waals surface area contributed by atoms with E-state index in [1.165, 1.54) is 11.8 Å². The molecule has 0 spiro atoms. The van der Waals surface area contributed by atoms with Crippen LogP contribution >= 0.6 is 11.8 Å². The quantitative estimate of drug-likeness (QED) is 0.236. The highest BCUT2D eigenvalue weighted by Crippen LogP contribution is 2.31. The van der Waals surface area contributed by atoms with E-state index in [1.54, 1.807) is 12.4 Å². The normalized spacial score (nSPS) is 10.8. The highest BCUT2D eigenvalue weighted by Gasteiger charge is 2.18. The summed E-state index contributed by atoms with van der Waals surface area (Å²) in [4.78, 5) is 29.4. The molecular weight excluding hydrogens is 398 g/mol. The van der Waals surface area contributed by atoms with Crippen molar-refractivity contribution in [1.29, 1.82) is 0 Å². The molecule has 0 saturated carbocycles. The van der Waals surface area contributed by atoms with Crippen molar-refractivity contribution < 1.29 is 9.53 Å². The van der Waals surface area contributed by atoms with Crippen LogP contribution in [0.5, 0.6) is 5.75 Å². The average Bonchev–Trinajstić information content (AvgIpc) is 3.16. The first-order chi connectivity index (χ1) is 14.8. The number of benzene rings is 1. The van der Waals surface area contributed by atoms with Crippen LogP contribution in [-0.4, -0.2) is 39.4 Å². The van der Waals surface area contributed by atoms with Crippen LogP contribution in [0.4, 0.5) is 5.82 Å². The Kier molecular flexibility index (Phi) is 6.24. The van der Waals surface area contributed by atoms with Gasteiger partial charge in [0.1, 0.15) is 23.8 Å². The van der Waals surface area contributed by atoms with Crippen LogP contribution in [0.25, 0.3) is 11.0 Å². The number of carbonyl (C=O) groups excluding carboxylic acids is 1. The number of nitrogens with one attached hydrogen (secondary N) is 2. The molecule has 0 fully saturated rings. The second kappa shape index (κ2) is 9.41. The van der Waals surface area contributed by atoms with E-state index in [0.29, 0.717) is 47.1 Å². The van der Waals surface area contributed by atoms with Gasteiger partial charge in [-0.1, -0.05) is 25.1 Å². The van der Waals surface area contributed by atoms with Gasteiger partial charge in [-0.25, -0.2) is 9.97 Å². The number of rotatable bonds is 9. The van der Waals surface area contributed by atoms with Crippen LogP contribution in [0.15, 0.2) is 64.9 Å². The second-order valence-corrected chi connectivity index (χ2v) is 7.49. The third kappa shape index (κ3) is 4.44. The Bertz CT molecular complexity index is 1130. The number of aryl methyl sites for hydroxylation is 1. The van der Waals surface area contributed by atoms with Gasteiger partial charge in [-0.05, 0) is 42.4 Å². The van der Waals surface area contributed by atoms with Crippen LogP contribution in [0.1, 0.15) is 23.0 Å². The van der Waals surface area contributed by atoms with Gasteiger partial charge in [0.15, 0.2) is 11.4 Å². The number of carbonyl (C=O) groups is 1. The molecule has 0 bridgehead atoms. The zero-order valence-corrected chi connectivity index (χ0v) is 17.3. The van der Waals surface area contributed by atoms with Gasteiger partial charge < -0.3 is 15.0 Å². The molecule has 4 rings (SSSR count). The SMILES string of the molecule is CCc1[nH]c2nc(Sc3cccnc3)nc(NCCOc3ccccc3)c2c1C=O. The van der Waals surface area contributed by atoms with Gasteiger partial charge in [0.2, 0.25) is 0 Å².